The van der Waals surface area contributed by atoms with Crippen LogP contribution in [0.15, 0.2) is 50.9 Å². The van der Waals surface area contributed by atoms with E-state index in [9.17, 15) is 9.59 Å². The third-order valence-corrected chi connectivity index (χ3v) is 7.26. The zero-order valence-corrected chi connectivity index (χ0v) is 17.4. The Balaban J connectivity index is 1.35. The van der Waals surface area contributed by atoms with Gasteiger partial charge in [0.1, 0.15) is 0 Å². The second-order valence-electron chi connectivity index (χ2n) is 6.02. The van der Waals surface area contributed by atoms with Crippen LogP contribution >= 0.6 is 34.4 Å². The lowest BCUT2D eigenvalue weighted by Gasteiger charge is -2.03. The molecule has 4 rings (SSSR count). The van der Waals surface area contributed by atoms with Crippen LogP contribution in [0.1, 0.15) is 11.3 Å². The van der Waals surface area contributed by atoms with Gasteiger partial charge in [0.05, 0.1) is 11.0 Å². The number of fused-ring (bicyclic) bond motifs is 1. The lowest BCUT2D eigenvalue weighted by molar-refractivity contribution is -0.116. The Labute approximate surface area is 173 Å². The number of carbonyl (C=O) groups excluding carboxylic acids is 1. The largest absolute Gasteiger partial charge is 0.328 e. The highest BCUT2D eigenvalue weighted by molar-refractivity contribution is 8.00. The first-order valence-electron chi connectivity index (χ1n) is 8.54. The second kappa shape index (κ2) is 8.29. The lowest BCUT2D eigenvalue weighted by Crippen LogP contribution is -2.24. The molecule has 0 radical (unpaired) electrons. The fraction of sp³-hybridized carbons (Fsp3) is 0.222. The van der Waals surface area contributed by atoms with Crippen molar-refractivity contribution in [1.29, 1.82) is 0 Å². The number of thiophene rings is 1. The molecule has 4 aromatic rings. The maximum Gasteiger partial charge on any atom is 0.328 e. The van der Waals surface area contributed by atoms with Gasteiger partial charge in [-0.3, -0.25) is 13.9 Å². The van der Waals surface area contributed by atoms with Gasteiger partial charge < -0.3 is 5.32 Å². The van der Waals surface area contributed by atoms with Crippen LogP contribution in [-0.4, -0.2) is 25.2 Å². The number of anilines is 1. The SMILES string of the molecule is Cn1c(=O)n(CCC(=O)Nc2nnc(SCc3cccs3)s2)c2ccccc21. The number of hydrogen-bond donors (Lipinski definition) is 1. The summed E-state index contributed by atoms with van der Waals surface area (Å²) >= 11 is 4.66. The minimum absolute atomic E-state index is 0.128. The summed E-state index contributed by atoms with van der Waals surface area (Å²) in [4.78, 5) is 26.0. The molecule has 0 saturated heterocycles. The van der Waals surface area contributed by atoms with E-state index in [4.69, 9.17) is 0 Å². The number of para-hydroxylation sites is 2. The van der Waals surface area contributed by atoms with Crippen molar-refractivity contribution in [2.24, 2.45) is 7.05 Å². The number of amides is 1. The highest BCUT2D eigenvalue weighted by atomic mass is 32.2. The van der Waals surface area contributed by atoms with E-state index in [-0.39, 0.29) is 18.0 Å². The molecule has 0 fully saturated rings. The molecule has 0 bridgehead atoms. The Bertz CT molecular complexity index is 1160. The summed E-state index contributed by atoms with van der Waals surface area (Å²) in [5, 5.41) is 13.4. The normalized spacial score (nSPS) is 11.2. The van der Waals surface area contributed by atoms with Gasteiger partial charge in [0.15, 0.2) is 4.34 Å². The van der Waals surface area contributed by atoms with Crippen molar-refractivity contribution in [1.82, 2.24) is 19.3 Å². The summed E-state index contributed by atoms with van der Waals surface area (Å²) in [5.41, 5.74) is 1.55. The minimum Gasteiger partial charge on any atom is -0.300 e. The Morgan fingerprint density at radius 2 is 2.00 bits per heavy atom. The molecule has 7 nitrogen and oxygen atoms in total. The van der Waals surface area contributed by atoms with Crippen LogP contribution in [0.25, 0.3) is 11.0 Å². The van der Waals surface area contributed by atoms with Crippen molar-refractivity contribution in [3.8, 4) is 0 Å². The maximum absolute atomic E-state index is 12.4. The summed E-state index contributed by atoms with van der Waals surface area (Å²) in [6.45, 7) is 0.310. The van der Waals surface area contributed by atoms with Gasteiger partial charge in [-0.05, 0) is 23.6 Å². The number of nitrogens with zero attached hydrogens (tertiary/aromatic N) is 4. The van der Waals surface area contributed by atoms with Crippen molar-refractivity contribution in [2.45, 2.75) is 23.1 Å². The summed E-state index contributed by atoms with van der Waals surface area (Å²) in [5.74, 6) is 0.648. The Kier molecular flexibility index (Phi) is 5.60. The molecule has 3 heterocycles. The van der Waals surface area contributed by atoms with Crippen LogP contribution in [0.3, 0.4) is 0 Å². The van der Waals surface area contributed by atoms with Crippen molar-refractivity contribution in [3.05, 3.63) is 57.1 Å². The van der Waals surface area contributed by atoms with Crippen molar-refractivity contribution in [2.75, 3.05) is 5.32 Å². The zero-order chi connectivity index (χ0) is 19.5. The van der Waals surface area contributed by atoms with Gasteiger partial charge in [0, 0.05) is 30.6 Å². The molecule has 0 aliphatic rings. The molecule has 0 unspecified atom stereocenters. The number of carbonyl (C=O) groups is 1. The highest BCUT2D eigenvalue weighted by Gasteiger charge is 2.13. The fourth-order valence-electron chi connectivity index (χ4n) is 2.82. The van der Waals surface area contributed by atoms with Crippen LogP contribution in [0.4, 0.5) is 5.13 Å². The van der Waals surface area contributed by atoms with Gasteiger partial charge in [0.2, 0.25) is 11.0 Å². The molecular weight excluding hydrogens is 414 g/mol. The lowest BCUT2D eigenvalue weighted by atomic mass is 10.3. The van der Waals surface area contributed by atoms with Gasteiger partial charge in [0.25, 0.3) is 0 Å². The van der Waals surface area contributed by atoms with Crippen molar-refractivity contribution >= 4 is 56.5 Å². The van der Waals surface area contributed by atoms with Gasteiger partial charge in [-0.15, -0.1) is 21.5 Å². The number of thioether (sulfide) groups is 1. The molecule has 28 heavy (non-hydrogen) atoms. The molecular formula is C18H17N5O2S3. The molecule has 0 aliphatic heterocycles. The van der Waals surface area contributed by atoms with E-state index in [1.807, 2.05) is 35.7 Å². The van der Waals surface area contributed by atoms with Gasteiger partial charge in [-0.1, -0.05) is 41.3 Å². The number of aromatic nitrogens is 4. The smallest absolute Gasteiger partial charge is 0.300 e. The van der Waals surface area contributed by atoms with Crippen molar-refractivity contribution < 1.29 is 4.79 Å². The average molecular weight is 432 g/mol. The molecule has 0 aliphatic carbocycles. The van der Waals surface area contributed by atoms with E-state index in [1.54, 1.807) is 39.3 Å². The zero-order valence-electron chi connectivity index (χ0n) is 15.0. The minimum atomic E-state index is -0.189. The van der Waals surface area contributed by atoms with E-state index in [0.29, 0.717) is 11.7 Å². The second-order valence-corrected chi connectivity index (χ2v) is 9.25. The van der Waals surface area contributed by atoms with E-state index in [2.05, 4.69) is 21.6 Å². The van der Waals surface area contributed by atoms with Gasteiger partial charge in [-0.2, -0.15) is 0 Å². The number of nitrogens with one attached hydrogen (secondary N) is 1. The van der Waals surface area contributed by atoms with E-state index >= 15 is 0 Å². The average Bonchev–Trinajstić information content (AvgIpc) is 3.42. The molecule has 10 heteroatoms. The third-order valence-electron chi connectivity index (χ3n) is 4.19. The predicted molar refractivity (Wildman–Crippen MR) is 114 cm³/mol. The molecule has 1 N–H and O–H groups in total. The number of rotatable bonds is 7. The molecule has 1 aromatic carbocycles. The predicted octanol–water partition coefficient (Wildman–Crippen LogP) is 3.57. The first-order chi connectivity index (χ1) is 13.6. The molecule has 3 aromatic heterocycles. The highest BCUT2D eigenvalue weighted by Crippen LogP contribution is 2.29. The Hall–Kier alpha value is -2.43. The fourth-order valence-corrected chi connectivity index (χ4v) is 5.36. The number of benzene rings is 1. The summed E-state index contributed by atoms with van der Waals surface area (Å²) in [6, 6.07) is 11.7. The van der Waals surface area contributed by atoms with Crippen molar-refractivity contribution in [3.63, 3.8) is 0 Å². The first kappa shape index (κ1) is 18.9. The Morgan fingerprint density at radius 3 is 2.79 bits per heavy atom. The van der Waals surface area contributed by atoms with Crippen LogP contribution in [0.2, 0.25) is 0 Å². The Morgan fingerprint density at radius 1 is 1.18 bits per heavy atom. The monoisotopic (exact) mass is 431 g/mol. The van der Waals surface area contributed by atoms with Gasteiger partial charge >= 0.3 is 5.69 Å². The number of imidazole rings is 1. The quantitative estimate of drug-likeness (QED) is 0.357. The van der Waals surface area contributed by atoms with Gasteiger partial charge in [-0.25, -0.2) is 4.79 Å². The van der Waals surface area contributed by atoms with Crippen LogP contribution in [-0.2, 0) is 24.1 Å². The number of aryl methyl sites for hydroxylation is 2. The third kappa shape index (κ3) is 4.03. The summed E-state index contributed by atoms with van der Waals surface area (Å²) in [6.07, 6.45) is 0.186. The summed E-state index contributed by atoms with van der Waals surface area (Å²) < 4.78 is 4.03. The summed E-state index contributed by atoms with van der Waals surface area (Å²) in [7, 11) is 1.73. The van der Waals surface area contributed by atoms with E-state index in [1.165, 1.54) is 16.2 Å². The molecule has 0 saturated carbocycles. The maximum atomic E-state index is 12.4. The van der Waals surface area contributed by atoms with Crippen LogP contribution in [0, 0.1) is 0 Å². The number of hydrogen-bond acceptors (Lipinski definition) is 7. The standard InChI is InChI=1S/C18H17N5O2S3/c1-22-13-6-2-3-7-14(13)23(18(22)25)9-8-15(24)19-16-20-21-17(28-16)27-11-12-5-4-10-26-12/h2-7,10H,8-9,11H2,1H3,(H,19,20,24). The first-order valence-corrected chi connectivity index (χ1v) is 11.2. The van der Waals surface area contributed by atoms with Crippen LogP contribution in [0.5, 0.6) is 0 Å². The van der Waals surface area contributed by atoms with E-state index in [0.717, 1.165) is 21.1 Å². The molecule has 0 atom stereocenters. The molecule has 144 valence electrons. The topological polar surface area (TPSA) is 81.8 Å². The molecule has 0 spiro atoms. The molecule has 1 amide bonds. The van der Waals surface area contributed by atoms with Crippen LogP contribution < -0.4 is 11.0 Å². The van der Waals surface area contributed by atoms with E-state index < -0.39 is 0 Å².